The van der Waals surface area contributed by atoms with Crippen molar-refractivity contribution in [2.45, 2.75) is 53.0 Å². The minimum absolute atomic E-state index is 0.0253. The molecule has 1 aliphatic heterocycles. The Morgan fingerprint density at radius 3 is 2.64 bits per heavy atom. The summed E-state index contributed by atoms with van der Waals surface area (Å²) in [5.74, 6) is -1.21. The van der Waals surface area contributed by atoms with Gasteiger partial charge in [-0.05, 0) is 74.2 Å². The number of anilines is 1. The number of fused-ring (bicyclic) bond motifs is 2. The van der Waals surface area contributed by atoms with E-state index >= 15 is 0 Å². The van der Waals surface area contributed by atoms with Gasteiger partial charge in [0.1, 0.15) is 17.1 Å². The topological polar surface area (TPSA) is 97.0 Å². The summed E-state index contributed by atoms with van der Waals surface area (Å²) in [7, 11) is 0. The number of imidazole rings is 1. The summed E-state index contributed by atoms with van der Waals surface area (Å²) in [6.07, 6.45) is 4.94. The standard InChI is InChI=1S/C33H32N4O4S/c1-5-6-7-16-41-23-12-8-11-22(18-23)28-26(29(38)27-21(4)36-15-9-10-20(3)31(36)35-27)30(39)32(40)37(28)33-34-24-14-13-19(2)17-25(24)42-33/h8-15,17-18,28,38H,5-7,16H2,1-4H3/b29-26+. The summed E-state index contributed by atoms with van der Waals surface area (Å²) in [6.45, 7) is 8.47. The van der Waals surface area contributed by atoms with Crippen molar-refractivity contribution in [1.29, 1.82) is 0 Å². The Balaban J connectivity index is 1.53. The zero-order valence-electron chi connectivity index (χ0n) is 24.0. The number of aliphatic hydroxyl groups is 1. The van der Waals surface area contributed by atoms with E-state index in [2.05, 4.69) is 6.92 Å². The average Bonchev–Trinajstić information content (AvgIpc) is 3.63. The summed E-state index contributed by atoms with van der Waals surface area (Å²) in [4.78, 5) is 38.4. The lowest BCUT2D eigenvalue weighted by Crippen LogP contribution is -2.29. The fourth-order valence-corrected chi connectivity index (χ4v) is 6.55. The molecule has 1 N–H and O–H groups in total. The molecule has 3 aromatic heterocycles. The lowest BCUT2D eigenvalue weighted by Gasteiger charge is -2.23. The van der Waals surface area contributed by atoms with E-state index in [4.69, 9.17) is 14.7 Å². The normalized spacial score (nSPS) is 16.7. The average molecular weight is 581 g/mol. The number of ether oxygens (including phenoxy) is 1. The molecule has 5 aromatic rings. The third-order valence-corrected chi connectivity index (χ3v) is 8.70. The van der Waals surface area contributed by atoms with Crippen molar-refractivity contribution in [3.63, 3.8) is 0 Å². The van der Waals surface area contributed by atoms with Crippen LogP contribution in [0.25, 0.3) is 21.6 Å². The maximum Gasteiger partial charge on any atom is 0.301 e. The van der Waals surface area contributed by atoms with Gasteiger partial charge < -0.3 is 14.2 Å². The quantitative estimate of drug-likeness (QED) is 0.0913. The molecule has 0 saturated carbocycles. The molecule has 9 heteroatoms. The number of amides is 1. The van der Waals surface area contributed by atoms with Crippen LogP contribution in [-0.4, -0.2) is 37.8 Å². The van der Waals surface area contributed by atoms with Crippen molar-refractivity contribution in [2.75, 3.05) is 11.5 Å². The smallest absolute Gasteiger partial charge is 0.301 e. The van der Waals surface area contributed by atoms with Crippen LogP contribution in [0, 0.1) is 20.8 Å². The van der Waals surface area contributed by atoms with Gasteiger partial charge in [0.15, 0.2) is 10.9 Å². The largest absolute Gasteiger partial charge is 0.505 e. The Hall–Kier alpha value is -4.50. The van der Waals surface area contributed by atoms with Gasteiger partial charge in [0, 0.05) is 6.20 Å². The third-order valence-electron chi connectivity index (χ3n) is 7.68. The van der Waals surface area contributed by atoms with Crippen LogP contribution in [0.5, 0.6) is 5.75 Å². The van der Waals surface area contributed by atoms with E-state index in [-0.39, 0.29) is 17.0 Å². The second-order valence-corrected chi connectivity index (χ2v) is 11.7. The van der Waals surface area contributed by atoms with Gasteiger partial charge in [0.2, 0.25) is 0 Å². The molecule has 214 valence electrons. The number of thiazole rings is 1. The van der Waals surface area contributed by atoms with E-state index in [1.165, 1.54) is 16.2 Å². The van der Waals surface area contributed by atoms with Gasteiger partial charge in [-0.25, -0.2) is 9.97 Å². The summed E-state index contributed by atoms with van der Waals surface area (Å²) in [6, 6.07) is 16.2. The second-order valence-electron chi connectivity index (χ2n) is 10.7. The highest BCUT2D eigenvalue weighted by molar-refractivity contribution is 7.22. The van der Waals surface area contributed by atoms with Gasteiger partial charge in [-0.1, -0.05) is 55.4 Å². The molecule has 0 aliphatic carbocycles. The number of ketones is 1. The number of hydrogen-bond acceptors (Lipinski definition) is 7. The molecule has 1 saturated heterocycles. The molecular formula is C33H32N4O4S. The first kappa shape index (κ1) is 27.7. The van der Waals surface area contributed by atoms with Crippen LogP contribution in [-0.2, 0) is 9.59 Å². The molecule has 0 bridgehead atoms. The van der Waals surface area contributed by atoms with Crippen molar-refractivity contribution in [2.24, 2.45) is 0 Å². The number of Topliss-reactive ketones (excluding diaryl/α,β-unsaturated/α-hetero) is 1. The monoisotopic (exact) mass is 580 g/mol. The molecule has 0 spiro atoms. The van der Waals surface area contributed by atoms with Crippen LogP contribution in [0.2, 0.25) is 0 Å². The van der Waals surface area contributed by atoms with Gasteiger partial charge in [0.05, 0.1) is 34.1 Å². The zero-order chi connectivity index (χ0) is 29.5. The van der Waals surface area contributed by atoms with Gasteiger partial charge >= 0.3 is 5.91 Å². The molecule has 1 amide bonds. The first-order valence-electron chi connectivity index (χ1n) is 14.1. The highest BCUT2D eigenvalue weighted by atomic mass is 32.1. The lowest BCUT2D eigenvalue weighted by molar-refractivity contribution is -0.132. The summed E-state index contributed by atoms with van der Waals surface area (Å²) in [5, 5.41) is 12.2. The number of aromatic nitrogens is 3. The van der Waals surface area contributed by atoms with E-state index in [0.29, 0.717) is 34.4 Å². The predicted octanol–water partition coefficient (Wildman–Crippen LogP) is 7.06. The van der Waals surface area contributed by atoms with Crippen LogP contribution in [0.15, 0.2) is 66.4 Å². The summed E-state index contributed by atoms with van der Waals surface area (Å²) < 4.78 is 8.80. The SMILES string of the molecule is CCCCCOc1cccc(C2/C(=C(\O)c3nc4c(C)cccn4c3C)C(=O)C(=O)N2c2nc3ccc(C)cc3s2)c1. The number of nitrogens with zero attached hydrogens (tertiary/aromatic N) is 4. The van der Waals surface area contributed by atoms with Gasteiger partial charge in [-0.2, -0.15) is 0 Å². The van der Waals surface area contributed by atoms with Crippen molar-refractivity contribution in [3.05, 3.63) is 94.4 Å². The van der Waals surface area contributed by atoms with Crippen molar-refractivity contribution in [1.82, 2.24) is 14.4 Å². The lowest BCUT2D eigenvalue weighted by atomic mass is 9.96. The predicted molar refractivity (Wildman–Crippen MR) is 165 cm³/mol. The molecule has 1 atom stereocenters. The maximum absolute atomic E-state index is 13.8. The fraction of sp³-hybridized carbons (Fsp3) is 0.273. The molecule has 8 nitrogen and oxygen atoms in total. The Labute approximate surface area is 247 Å². The first-order chi connectivity index (χ1) is 20.3. The van der Waals surface area contributed by atoms with E-state index in [9.17, 15) is 14.7 Å². The number of aliphatic hydroxyl groups excluding tert-OH is 1. The number of unbranched alkanes of at least 4 members (excludes halogenated alkanes) is 2. The molecule has 0 radical (unpaired) electrons. The van der Waals surface area contributed by atoms with Crippen LogP contribution in [0.3, 0.4) is 0 Å². The first-order valence-corrected chi connectivity index (χ1v) is 15.0. The number of pyridine rings is 1. The molecule has 1 unspecified atom stereocenters. The van der Waals surface area contributed by atoms with Crippen molar-refractivity contribution >= 4 is 49.8 Å². The van der Waals surface area contributed by atoms with Gasteiger partial charge in [0.25, 0.3) is 5.78 Å². The van der Waals surface area contributed by atoms with Crippen LogP contribution in [0.1, 0.15) is 60.3 Å². The zero-order valence-corrected chi connectivity index (χ0v) is 24.9. The van der Waals surface area contributed by atoms with E-state index in [1.54, 1.807) is 0 Å². The molecule has 1 aliphatic rings. The number of benzene rings is 2. The Bertz CT molecular complexity index is 1890. The minimum atomic E-state index is -0.920. The second kappa shape index (κ2) is 11.1. The number of hydrogen-bond donors (Lipinski definition) is 1. The number of carbonyl (C=O) groups is 2. The molecule has 2 aromatic carbocycles. The maximum atomic E-state index is 13.8. The Kier molecular flexibility index (Phi) is 7.28. The van der Waals surface area contributed by atoms with E-state index in [0.717, 1.165) is 40.6 Å². The van der Waals surface area contributed by atoms with Crippen molar-refractivity contribution < 1.29 is 19.4 Å². The van der Waals surface area contributed by atoms with Crippen LogP contribution in [0.4, 0.5) is 5.13 Å². The van der Waals surface area contributed by atoms with E-state index in [1.807, 2.05) is 86.0 Å². The summed E-state index contributed by atoms with van der Waals surface area (Å²) >= 11 is 1.34. The molecule has 6 rings (SSSR count). The Morgan fingerprint density at radius 2 is 1.86 bits per heavy atom. The Morgan fingerprint density at radius 1 is 1.02 bits per heavy atom. The van der Waals surface area contributed by atoms with Crippen molar-refractivity contribution in [3.8, 4) is 5.75 Å². The number of aryl methyl sites for hydroxylation is 3. The summed E-state index contributed by atoms with van der Waals surface area (Å²) in [5.41, 5.74) is 4.95. The third kappa shape index (κ3) is 4.73. The van der Waals surface area contributed by atoms with Gasteiger partial charge in [-0.15, -0.1) is 0 Å². The van der Waals surface area contributed by atoms with Crippen LogP contribution < -0.4 is 9.64 Å². The molecular weight excluding hydrogens is 548 g/mol. The number of rotatable bonds is 8. The van der Waals surface area contributed by atoms with Gasteiger partial charge in [-0.3, -0.25) is 14.5 Å². The highest BCUT2D eigenvalue weighted by Gasteiger charge is 2.48. The molecule has 42 heavy (non-hydrogen) atoms. The number of carbonyl (C=O) groups excluding carboxylic acids is 2. The van der Waals surface area contributed by atoms with E-state index < -0.39 is 17.7 Å². The molecule has 4 heterocycles. The highest BCUT2D eigenvalue weighted by Crippen LogP contribution is 2.45. The van der Waals surface area contributed by atoms with Crippen LogP contribution >= 0.6 is 11.3 Å². The minimum Gasteiger partial charge on any atom is -0.505 e. The molecule has 1 fully saturated rings. The fourth-order valence-electron chi connectivity index (χ4n) is 5.46.